The van der Waals surface area contributed by atoms with Crippen molar-refractivity contribution in [2.24, 2.45) is 0 Å². The van der Waals surface area contributed by atoms with Crippen molar-refractivity contribution in [3.8, 4) is 11.4 Å². The van der Waals surface area contributed by atoms with Crippen molar-refractivity contribution in [2.75, 3.05) is 12.3 Å². The fourth-order valence-electron chi connectivity index (χ4n) is 3.18. The normalized spacial score (nSPS) is 13.4. The standard InChI is InChI=1S/C21H22FN5OS/c1-2-26(13-15-4-3-5-17(22)12-15)19(28)14-29-21-25-24-20(27(21)18-6-7-18)16-8-10-23-11-9-16/h3-5,8-12,18H,2,6-7,13-14H2,1H3. The second-order valence-electron chi connectivity index (χ2n) is 6.97. The van der Waals surface area contributed by atoms with Crippen LogP contribution in [0.15, 0.2) is 53.9 Å². The van der Waals surface area contributed by atoms with Gasteiger partial charge in [0.25, 0.3) is 0 Å². The Morgan fingerprint density at radius 3 is 2.72 bits per heavy atom. The molecule has 0 N–H and O–H groups in total. The van der Waals surface area contributed by atoms with Gasteiger partial charge in [0.2, 0.25) is 5.91 Å². The van der Waals surface area contributed by atoms with E-state index in [1.165, 1.54) is 23.9 Å². The van der Waals surface area contributed by atoms with Crippen LogP contribution in [0.5, 0.6) is 0 Å². The molecule has 1 aromatic carbocycles. The Balaban J connectivity index is 1.45. The van der Waals surface area contributed by atoms with Crippen LogP contribution in [-0.2, 0) is 11.3 Å². The number of carbonyl (C=O) groups is 1. The van der Waals surface area contributed by atoms with E-state index in [1.807, 2.05) is 25.1 Å². The molecular weight excluding hydrogens is 389 g/mol. The van der Waals surface area contributed by atoms with Crippen LogP contribution in [0.1, 0.15) is 31.4 Å². The number of aromatic nitrogens is 4. The van der Waals surface area contributed by atoms with Crippen molar-refractivity contribution >= 4 is 17.7 Å². The summed E-state index contributed by atoms with van der Waals surface area (Å²) >= 11 is 1.40. The molecule has 0 radical (unpaired) electrons. The largest absolute Gasteiger partial charge is 0.338 e. The predicted molar refractivity (Wildman–Crippen MR) is 110 cm³/mol. The number of pyridine rings is 1. The van der Waals surface area contributed by atoms with E-state index in [2.05, 4.69) is 19.7 Å². The molecule has 6 nitrogen and oxygen atoms in total. The summed E-state index contributed by atoms with van der Waals surface area (Å²) in [4.78, 5) is 18.5. The lowest BCUT2D eigenvalue weighted by molar-refractivity contribution is -0.128. The van der Waals surface area contributed by atoms with Crippen molar-refractivity contribution in [3.05, 3.63) is 60.2 Å². The molecule has 4 rings (SSSR count). The van der Waals surface area contributed by atoms with Gasteiger partial charge in [-0.2, -0.15) is 0 Å². The Labute approximate surface area is 173 Å². The van der Waals surface area contributed by atoms with Gasteiger partial charge < -0.3 is 4.90 Å². The second-order valence-corrected chi connectivity index (χ2v) is 7.91. The molecule has 1 amide bonds. The molecule has 2 heterocycles. The molecule has 150 valence electrons. The highest BCUT2D eigenvalue weighted by Crippen LogP contribution is 2.41. The first kappa shape index (κ1) is 19.6. The monoisotopic (exact) mass is 411 g/mol. The van der Waals surface area contributed by atoms with Crippen LogP contribution < -0.4 is 0 Å². The number of thioether (sulfide) groups is 1. The topological polar surface area (TPSA) is 63.9 Å². The molecule has 3 aromatic rings. The number of rotatable bonds is 8. The van der Waals surface area contributed by atoms with Gasteiger partial charge in [0.05, 0.1) is 5.75 Å². The van der Waals surface area contributed by atoms with Crippen LogP contribution in [0.2, 0.25) is 0 Å². The summed E-state index contributed by atoms with van der Waals surface area (Å²) in [5.41, 5.74) is 1.75. The molecule has 0 atom stereocenters. The molecule has 2 aromatic heterocycles. The summed E-state index contributed by atoms with van der Waals surface area (Å²) in [6.07, 6.45) is 5.67. The highest BCUT2D eigenvalue weighted by atomic mass is 32.2. The van der Waals surface area contributed by atoms with Gasteiger partial charge in [0.15, 0.2) is 11.0 Å². The van der Waals surface area contributed by atoms with E-state index in [0.29, 0.717) is 19.1 Å². The van der Waals surface area contributed by atoms with E-state index >= 15 is 0 Å². The summed E-state index contributed by atoms with van der Waals surface area (Å²) < 4.78 is 15.6. The zero-order chi connectivity index (χ0) is 20.2. The molecule has 0 bridgehead atoms. The maximum Gasteiger partial charge on any atom is 0.233 e. The van der Waals surface area contributed by atoms with Gasteiger partial charge >= 0.3 is 0 Å². The Morgan fingerprint density at radius 2 is 2.03 bits per heavy atom. The lowest BCUT2D eigenvalue weighted by Gasteiger charge is -2.21. The van der Waals surface area contributed by atoms with E-state index in [9.17, 15) is 9.18 Å². The number of halogens is 1. The molecule has 0 spiro atoms. The molecule has 8 heteroatoms. The molecular formula is C21H22FN5OS. The first-order chi connectivity index (χ1) is 14.2. The number of amides is 1. The molecule has 0 unspecified atom stereocenters. The lowest BCUT2D eigenvalue weighted by atomic mass is 10.2. The fourth-order valence-corrected chi connectivity index (χ4v) is 4.09. The van der Waals surface area contributed by atoms with Gasteiger partial charge in [-0.05, 0) is 49.6 Å². The summed E-state index contributed by atoms with van der Waals surface area (Å²) in [6.45, 7) is 2.88. The van der Waals surface area contributed by atoms with E-state index in [0.717, 1.165) is 34.9 Å². The lowest BCUT2D eigenvalue weighted by Crippen LogP contribution is -2.31. The fraction of sp³-hybridized carbons (Fsp3) is 0.333. The molecule has 1 aliphatic carbocycles. The van der Waals surface area contributed by atoms with Crippen LogP contribution in [-0.4, -0.2) is 42.9 Å². The average Bonchev–Trinajstić information content (AvgIpc) is 3.49. The number of nitrogens with zero attached hydrogens (tertiary/aromatic N) is 5. The number of carbonyl (C=O) groups excluding carboxylic acids is 1. The van der Waals surface area contributed by atoms with Crippen molar-refractivity contribution in [3.63, 3.8) is 0 Å². The summed E-state index contributed by atoms with van der Waals surface area (Å²) in [7, 11) is 0. The zero-order valence-corrected chi connectivity index (χ0v) is 17.0. The van der Waals surface area contributed by atoms with E-state index in [-0.39, 0.29) is 17.5 Å². The first-order valence-corrected chi connectivity index (χ1v) is 10.6. The van der Waals surface area contributed by atoms with Gasteiger partial charge in [0.1, 0.15) is 5.82 Å². The predicted octanol–water partition coefficient (Wildman–Crippen LogP) is 3.95. The maximum atomic E-state index is 13.4. The van der Waals surface area contributed by atoms with E-state index in [4.69, 9.17) is 0 Å². The minimum absolute atomic E-state index is 0.00225. The summed E-state index contributed by atoms with van der Waals surface area (Å²) in [6, 6.07) is 10.6. The van der Waals surface area contributed by atoms with Crippen LogP contribution in [0.3, 0.4) is 0 Å². The third kappa shape index (κ3) is 4.64. The third-order valence-corrected chi connectivity index (χ3v) is 5.76. The number of benzene rings is 1. The maximum absolute atomic E-state index is 13.4. The summed E-state index contributed by atoms with van der Waals surface area (Å²) in [5.74, 6) is 0.792. The highest BCUT2D eigenvalue weighted by Gasteiger charge is 2.30. The van der Waals surface area contributed by atoms with Gasteiger partial charge in [-0.3, -0.25) is 14.3 Å². The van der Waals surface area contributed by atoms with Crippen LogP contribution >= 0.6 is 11.8 Å². The Kier molecular flexibility index (Phi) is 5.89. The van der Waals surface area contributed by atoms with Crippen LogP contribution in [0.4, 0.5) is 4.39 Å². The first-order valence-electron chi connectivity index (χ1n) is 9.66. The second kappa shape index (κ2) is 8.73. The van der Waals surface area contributed by atoms with E-state index in [1.54, 1.807) is 23.4 Å². The minimum atomic E-state index is -0.290. The molecule has 0 aliphatic heterocycles. The molecule has 29 heavy (non-hydrogen) atoms. The quantitative estimate of drug-likeness (QED) is 0.525. The van der Waals surface area contributed by atoms with Crippen molar-refractivity contribution < 1.29 is 9.18 Å². The van der Waals surface area contributed by atoms with Crippen molar-refractivity contribution in [1.29, 1.82) is 0 Å². The SMILES string of the molecule is CCN(Cc1cccc(F)c1)C(=O)CSc1nnc(-c2ccncc2)n1C1CC1. The van der Waals surface area contributed by atoms with Gasteiger partial charge in [-0.1, -0.05) is 23.9 Å². The highest BCUT2D eigenvalue weighted by molar-refractivity contribution is 7.99. The smallest absolute Gasteiger partial charge is 0.233 e. The molecule has 0 saturated heterocycles. The van der Waals surface area contributed by atoms with Crippen molar-refractivity contribution in [1.82, 2.24) is 24.6 Å². The Bertz CT molecular complexity index is 990. The van der Waals surface area contributed by atoms with E-state index < -0.39 is 0 Å². The van der Waals surface area contributed by atoms with Gasteiger partial charge in [0, 0.05) is 37.1 Å². The molecule has 1 fully saturated rings. The van der Waals surface area contributed by atoms with Gasteiger partial charge in [-0.15, -0.1) is 10.2 Å². The zero-order valence-electron chi connectivity index (χ0n) is 16.2. The molecule has 1 aliphatic rings. The molecule has 1 saturated carbocycles. The summed E-state index contributed by atoms with van der Waals surface area (Å²) in [5, 5.41) is 9.47. The number of hydrogen-bond donors (Lipinski definition) is 0. The average molecular weight is 412 g/mol. The van der Waals surface area contributed by atoms with Crippen LogP contribution in [0, 0.1) is 5.82 Å². The van der Waals surface area contributed by atoms with Gasteiger partial charge in [-0.25, -0.2) is 4.39 Å². The Hall–Kier alpha value is -2.74. The number of hydrogen-bond acceptors (Lipinski definition) is 5. The third-order valence-electron chi connectivity index (χ3n) is 4.84. The minimum Gasteiger partial charge on any atom is -0.338 e. The Morgan fingerprint density at radius 1 is 1.24 bits per heavy atom. The van der Waals surface area contributed by atoms with Crippen LogP contribution in [0.25, 0.3) is 11.4 Å². The van der Waals surface area contributed by atoms with Crippen molar-refractivity contribution in [2.45, 2.75) is 37.5 Å².